The first kappa shape index (κ1) is 49.3. The standard InChI is InChI=1S/C45H80N2O5/c1-3-5-7-9-11-13-15-16-17-18-19-20-22-24-26-28-33-39-44(49)52-41(35-30-27-25-23-21-14-12-10-8-6-4-2)36-31-29-32-38-43(48)47-42(45(50)51)37-34-40-46/h6,8,12,14,23,25,30,35,41-42H,3-5,7,9-11,13,15-22,24,26-29,31-34,36-40,46H2,1-2H3,(H,47,48)(H,50,51)/b8-6-,14-12-,25-23-,35-30-. The molecule has 0 aromatic rings. The summed E-state index contributed by atoms with van der Waals surface area (Å²) in [4.78, 5) is 36.4. The summed E-state index contributed by atoms with van der Waals surface area (Å²) < 4.78 is 5.89. The summed E-state index contributed by atoms with van der Waals surface area (Å²) in [7, 11) is 0. The van der Waals surface area contributed by atoms with Crippen molar-refractivity contribution < 1.29 is 24.2 Å². The van der Waals surface area contributed by atoms with Crippen LogP contribution in [-0.4, -0.2) is 41.6 Å². The van der Waals surface area contributed by atoms with Crippen molar-refractivity contribution in [2.75, 3.05) is 6.54 Å². The van der Waals surface area contributed by atoms with Crippen LogP contribution in [0, 0.1) is 0 Å². The predicted molar refractivity (Wildman–Crippen MR) is 220 cm³/mol. The molecule has 52 heavy (non-hydrogen) atoms. The lowest BCUT2D eigenvalue weighted by molar-refractivity contribution is -0.147. The number of allylic oxidation sites excluding steroid dienone is 7. The Morgan fingerprint density at radius 2 is 1.04 bits per heavy atom. The van der Waals surface area contributed by atoms with Crippen molar-refractivity contribution in [2.24, 2.45) is 5.73 Å². The highest BCUT2D eigenvalue weighted by molar-refractivity contribution is 5.83. The lowest BCUT2D eigenvalue weighted by Crippen LogP contribution is -2.40. The second kappa shape index (κ2) is 39.5. The first-order valence-corrected chi connectivity index (χ1v) is 21.5. The molecule has 0 bridgehead atoms. The Kier molecular flexibility index (Phi) is 37.5. The fourth-order valence-electron chi connectivity index (χ4n) is 6.18. The molecule has 0 saturated heterocycles. The molecule has 0 heterocycles. The number of carbonyl (C=O) groups is 3. The van der Waals surface area contributed by atoms with Crippen LogP contribution in [0.5, 0.6) is 0 Å². The first-order valence-electron chi connectivity index (χ1n) is 21.5. The molecule has 4 N–H and O–H groups in total. The van der Waals surface area contributed by atoms with Crippen LogP contribution >= 0.6 is 0 Å². The summed E-state index contributed by atoms with van der Waals surface area (Å²) in [5.41, 5.74) is 5.49. The van der Waals surface area contributed by atoms with Gasteiger partial charge in [0.1, 0.15) is 12.1 Å². The van der Waals surface area contributed by atoms with Crippen LogP contribution in [0.2, 0.25) is 0 Å². The SMILES string of the molecule is CC/C=C\C/C=C\C/C=C\C/C=C\C(CCCCCC(=O)NC(CCCN)C(=O)O)OC(=O)CCCCCCCCCCCCCCCCCCC. The number of unbranched alkanes of at least 4 members (excludes halogenated alkanes) is 18. The van der Waals surface area contributed by atoms with Crippen LogP contribution in [-0.2, 0) is 19.1 Å². The second-order valence-electron chi connectivity index (χ2n) is 14.4. The van der Waals surface area contributed by atoms with Gasteiger partial charge in [0.15, 0.2) is 0 Å². The third-order valence-electron chi connectivity index (χ3n) is 9.39. The average Bonchev–Trinajstić information content (AvgIpc) is 3.13. The van der Waals surface area contributed by atoms with Crippen molar-refractivity contribution in [3.05, 3.63) is 48.6 Å². The van der Waals surface area contributed by atoms with E-state index in [1.54, 1.807) is 0 Å². The Balaban J connectivity index is 4.38. The molecule has 7 heteroatoms. The molecule has 0 aliphatic carbocycles. The number of hydrogen-bond donors (Lipinski definition) is 3. The molecule has 0 aliphatic rings. The summed E-state index contributed by atoms with van der Waals surface area (Å²) in [5.74, 6) is -1.41. The number of hydrogen-bond acceptors (Lipinski definition) is 5. The smallest absolute Gasteiger partial charge is 0.326 e. The quantitative estimate of drug-likeness (QED) is 0.0331. The minimum atomic E-state index is -1.03. The molecule has 300 valence electrons. The van der Waals surface area contributed by atoms with E-state index < -0.39 is 12.0 Å². The van der Waals surface area contributed by atoms with E-state index >= 15 is 0 Å². The maximum atomic E-state index is 12.7. The van der Waals surface area contributed by atoms with E-state index in [1.807, 2.05) is 6.08 Å². The van der Waals surface area contributed by atoms with E-state index in [0.29, 0.717) is 38.6 Å². The van der Waals surface area contributed by atoms with Gasteiger partial charge in [0, 0.05) is 12.8 Å². The van der Waals surface area contributed by atoms with Gasteiger partial charge in [-0.25, -0.2) is 4.79 Å². The van der Waals surface area contributed by atoms with Gasteiger partial charge in [-0.3, -0.25) is 9.59 Å². The monoisotopic (exact) mass is 729 g/mol. The third-order valence-corrected chi connectivity index (χ3v) is 9.39. The fourth-order valence-corrected chi connectivity index (χ4v) is 6.18. The van der Waals surface area contributed by atoms with Crippen LogP contribution in [0.15, 0.2) is 48.6 Å². The first-order chi connectivity index (χ1) is 25.4. The highest BCUT2D eigenvalue weighted by Crippen LogP contribution is 2.16. The summed E-state index contributed by atoms with van der Waals surface area (Å²) in [6.07, 6.45) is 47.4. The zero-order valence-corrected chi connectivity index (χ0v) is 33.6. The summed E-state index contributed by atoms with van der Waals surface area (Å²) in [6.45, 7) is 4.81. The number of amides is 1. The number of ether oxygens (including phenoxy) is 1. The van der Waals surface area contributed by atoms with E-state index in [9.17, 15) is 19.5 Å². The molecule has 0 aliphatic heterocycles. The van der Waals surface area contributed by atoms with Crippen LogP contribution in [0.25, 0.3) is 0 Å². The maximum Gasteiger partial charge on any atom is 0.326 e. The van der Waals surface area contributed by atoms with Gasteiger partial charge in [0.05, 0.1) is 0 Å². The molecular weight excluding hydrogens is 649 g/mol. The maximum absolute atomic E-state index is 12.7. The van der Waals surface area contributed by atoms with E-state index in [4.69, 9.17) is 10.5 Å². The summed E-state index contributed by atoms with van der Waals surface area (Å²) >= 11 is 0. The molecular formula is C45H80N2O5. The lowest BCUT2D eigenvalue weighted by atomic mass is 10.0. The summed E-state index contributed by atoms with van der Waals surface area (Å²) in [5, 5.41) is 11.9. The Morgan fingerprint density at radius 1 is 0.577 bits per heavy atom. The molecule has 2 atom stereocenters. The van der Waals surface area contributed by atoms with Gasteiger partial charge in [-0.15, -0.1) is 0 Å². The molecule has 0 rings (SSSR count). The van der Waals surface area contributed by atoms with Crippen LogP contribution in [0.1, 0.15) is 200 Å². The number of esters is 1. The molecule has 7 nitrogen and oxygen atoms in total. The van der Waals surface area contributed by atoms with Gasteiger partial charge in [-0.05, 0) is 76.8 Å². The average molecular weight is 729 g/mol. The van der Waals surface area contributed by atoms with Crippen molar-refractivity contribution in [2.45, 2.75) is 212 Å². The highest BCUT2D eigenvalue weighted by Gasteiger charge is 2.19. The van der Waals surface area contributed by atoms with Crippen LogP contribution in [0.3, 0.4) is 0 Å². The van der Waals surface area contributed by atoms with Crippen molar-refractivity contribution in [3.8, 4) is 0 Å². The molecule has 0 aromatic heterocycles. The topological polar surface area (TPSA) is 119 Å². The van der Waals surface area contributed by atoms with Crippen molar-refractivity contribution in [3.63, 3.8) is 0 Å². The van der Waals surface area contributed by atoms with E-state index in [-0.39, 0.29) is 24.4 Å². The summed E-state index contributed by atoms with van der Waals surface area (Å²) in [6, 6.07) is -0.891. The van der Waals surface area contributed by atoms with Crippen LogP contribution in [0.4, 0.5) is 0 Å². The van der Waals surface area contributed by atoms with Gasteiger partial charge in [-0.1, -0.05) is 166 Å². The minimum absolute atomic E-state index is 0.134. The number of carbonyl (C=O) groups excluding carboxylic acids is 2. The number of carboxylic acids is 1. The second-order valence-corrected chi connectivity index (χ2v) is 14.4. The molecule has 1 amide bonds. The minimum Gasteiger partial charge on any atom is -0.480 e. The van der Waals surface area contributed by atoms with Crippen molar-refractivity contribution in [1.29, 1.82) is 0 Å². The molecule has 0 aromatic carbocycles. The Morgan fingerprint density at radius 3 is 1.54 bits per heavy atom. The third kappa shape index (κ3) is 35.7. The zero-order valence-electron chi connectivity index (χ0n) is 33.6. The Labute approximate surface area is 319 Å². The van der Waals surface area contributed by atoms with Gasteiger partial charge in [-0.2, -0.15) is 0 Å². The van der Waals surface area contributed by atoms with Crippen molar-refractivity contribution >= 4 is 17.8 Å². The number of carboxylic acid groups (broad SMARTS) is 1. The van der Waals surface area contributed by atoms with Gasteiger partial charge in [0.2, 0.25) is 5.91 Å². The van der Waals surface area contributed by atoms with E-state index in [1.165, 1.54) is 96.3 Å². The molecule has 0 saturated carbocycles. The number of nitrogens with two attached hydrogens (primary N) is 1. The zero-order chi connectivity index (χ0) is 38.2. The molecule has 0 fully saturated rings. The number of aliphatic carboxylic acids is 1. The van der Waals surface area contributed by atoms with E-state index in [0.717, 1.165) is 51.4 Å². The highest BCUT2D eigenvalue weighted by atomic mass is 16.5. The largest absolute Gasteiger partial charge is 0.480 e. The van der Waals surface area contributed by atoms with Crippen LogP contribution < -0.4 is 11.1 Å². The van der Waals surface area contributed by atoms with E-state index in [2.05, 4.69) is 61.7 Å². The van der Waals surface area contributed by atoms with Gasteiger partial charge < -0.3 is 20.9 Å². The number of rotatable bonds is 38. The Hall–Kier alpha value is -2.67. The predicted octanol–water partition coefficient (Wildman–Crippen LogP) is 12.0. The number of nitrogens with one attached hydrogen (secondary N) is 1. The van der Waals surface area contributed by atoms with Gasteiger partial charge >= 0.3 is 11.9 Å². The normalized spacial score (nSPS) is 13.1. The lowest BCUT2D eigenvalue weighted by Gasteiger charge is -2.15. The van der Waals surface area contributed by atoms with Crippen molar-refractivity contribution in [1.82, 2.24) is 5.32 Å². The fraction of sp³-hybridized carbons (Fsp3) is 0.756. The van der Waals surface area contributed by atoms with Gasteiger partial charge in [0.25, 0.3) is 0 Å². The molecule has 0 spiro atoms. The Bertz CT molecular complexity index is 957. The molecule has 2 unspecified atom stereocenters. The molecule has 0 radical (unpaired) electrons.